The van der Waals surface area contributed by atoms with Gasteiger partial charge in [-0.2, -0.15) is 0 Å². The van der Waals surface area contributed by atoms with E-state index >= 15 is 0 Å². The van der Waals surface area contributed by atoms with E-state index in [1.165, 1.54) is 19.4 Å². The van der Waals surface area contributed by atoms with Gasteiger partial charge < -0.3 is 21.1 Å². The molecule has 1 aromatic rings. The predicted octanol–water partition coefficient (Wildman–Crippen LogP) is 0.777. The monoisotopic (exact) mass is 280 g/mol. The zero-order valence-electron chi connectivity index (χ0n) is 12.1. The van der Waals surface area contributed by atoms with Crippen molar-refractivity contribution in [3.63, 3.8) is 0 Å². The van der Waals surface area contributed by atoms with Crippen molar-refractivity contribution >= 4 is 23.4 Å². The van der Waals surface area contributed by atoms with Crippen LogP contribution in [0.2, 0.25) is 0 Å². The normalized spacial score (nSPS) is 10.8. The van der Waals surface area contributed by atoms with E-state index in [2.05, 4.69) is 20.4 Å². The molecule has 1 amide bonds. The molecule has 1 rings (SSSR count). The van der Waals surface area contributed by atoms with E-state index in [-0.39, 0.29) is 29.4 Å². The Morgan fingerprint density at radius 1 is 1.40 bits per heavy atom. The average Bonchev–Trinajstić information content (AvgIpc) is 2.34. The second-order valence-electron chi connectivity index (χ2n) is 5.31. The third-order valence-corrected chi connectivity index (χ3v) is 2.24. The quantitative estimate of drug-likeness (QED) is 0.704. The number of ether oxygens (including phenoxy) is 1. The molecule has 0 fully saturated rings. The molecule has 0 unspecified atom stereocenters. The first kappa shape index (κ1) is 15.7. The average molecular weight is 280 g/mol. The van der Waals surface area contributed by atoms with Crippen molar-refractivity contribution in [2.75, 3.05) is 24.7 Å². The molecule has 0 atom stereocenters. The number of nitrogens with one attached hydrogen (secondary N) is 2. The molecule has 0 aliphatic rings. The number of rotatable bonds is 4. The van der Waals surface area contributed by atoms with Crippen molar-refractivity contribution in [1.82, 2.24) is 10.3 Å². The van der Waals surface area contributed by atoms with Crippen LogP contribution in [0.4, 0.5) is 11.5 Å². The SMILES string of the molecule is COC(=O)c1cc(N)cnc1NCC(=O)NC(C)(C)C. The number of pyridine rings is 1. The molecule has 0 aliphatic heterocycles. The molecule has 110 valence electrons. The van der Waals surface area contributed by atoms with Crippen LogP contribution >= 0.6 is 0 Å². The van der Waals surface area contributed by atoms with Gasteiger partial charge in [0.25, 0.3) is 0 Å². The molecule has 0 aliphatic carbocycles. The van der Waals surface area contributed by atoms with Gasteiger partial charge in [0, 0.05) is 5.54 Å². The summed E-state index contributed by atoms with van der Waals surface area (Å²) in [6, 6.07) is 1.45. The summed E-state index contributed by atoms with van der Waals surface area (Å²) in [5, 5.41) is 5.59. The summed E-state index contributed by atoms with van der Waals surface area (Å²) in [7, 11) is 1.27. The van der Waals surface area contributed by atoms with Gasteiger partial charge in [0.15, 0.2) is 0 Å². The third kappa shape index (κ3) is 4.75. The summed E-state index contributed by atoms with van der Waals surface area (Å²) < 4.78 is 4.64. The number of aromatic nitrogens is 1. The minimum atomic E-state index is -0.566. The van der Waals surface area contributed by atoms with Crippen LogP contribution < -0.4 is 16.4 Å². The van der Waals surface area contributed by atoms with Gasteiger partial charge in [-0.25, -0.2) is 9.78 Å². The number of nitrogens with two attached hydrogens (primary N) is 1. The van der Waals surface area contributed by atoms with Gasteiger partial charge in [-0.15, -0.1) is 0 Å². The van der Waals surface area contributed by atoms with Crippen molar-refractivity contribution in [1.29, 1.82) is 0 Å². The molecular formula is C13H20N4O3. The molecule has 4 N–H and O–H groups in total. The van der Waals surface area contributed by atoms with Crippen LogP contribution in [0.15, 0.2) is 12.3 Å². The zero-order valence-corrected chi connectivity index (χ0v) is 12.1. The number of amides is 1. The van der Waals surface area contributed by atoms with E-state index in [1.54, 1.807) is 0 Å². The fraction of sp³-hybridized carbons (Fsp3) is 0.462. The molecule has 0 aromatic carbocycles. The number of anilines is 2. The fourth-order valence-electron chi connectivity index (χ4n) is 1.51. The lowest BCUT2D eigenvalue weighted by Gasteiger charge is -2.20. The highest BCUT2D eigenvalue weighted by molar-refractivity contribution is 5.96. The van der Waals surface area contributed by atoms with Crippen molar-refractivity contribution < 1.29 is 14.3 Å². The van der Waals surface area contributed by atoms with Crippen LogP contribution in [0.3, 0.4) is 0 Å². The number of esters is 1. The van der Waals surface area contributed by atoms with Crippen LogP contribution in [0.5, 0.6) is 0 Å². The van der Waals surface area contributed by atoms with Crippen LogP contribution in [-0.4, -0.2) is 36.1 Å². The molecule has 0 saturated heterocycles. The molecule has 1 aromatic heterocycles. The summed E-state index contributed by atoms with van der Waals surface area (Å²) in [5.41, 5.74) is 5.79. The first-order chi connectivity index (χ1) is 9.23. The number of nitrogen functional groups attached to an aromatic ring is 1. The summed E-state index contributed by atoms with van der Waals surface area (Å²) in [6.07, 6.45) is 1.40. The molecule has 0 radical (unpaired) electrons. The fourth-order valence-corrected chi connectivity index (χ4v) is 1.51. The Hall–Kier alpha value is -2.31. The third-order valence-electron chi connectivity index (χ3n) is 2.24. The first-order valence-corrected chi connectivity index (χ1v) is 6.11. The summed E-state index contributed by atoms with van der Waals surface area (Å²) in [4.78, 5) is 27.3. The number of hydrogen-bond donors (Lipinski definition) is 3. The highest BCUT2D eigenvalue weighted by Gasteiger charge is 2.16. The Labute approximate surface area is 117 Å². The van der Waals surface area contributed by atoms with Crippen molar-refractivity contribution in [2.24, 2.45) is 0 Å². The van der Waals surface area contributed by atoms with Crippen LogP contribution in [-0.2, 0) is 9.53 Å². The second kappa shape index (κ2) is 6.23. The number of nitrogens with zero attached hydrogens (tertiary/aromatic N) is 1. The van der Waals surface area contributed by atoms with E-state index in [0.717, 1.165) is 0 Å². The summed E-state index contributed by atoms with van der Waals surface area (Å²) in [6.45, 7) is 5.64. The van der Waals surface area contributed by atoms with Gasteiger partial charge in [-0.05, 0) is 26.8 Å². The van der Waals surface area contributed by atoms with Gasteiger partial charge in [0.1, 0.15) is 11.4 Å². The lowest BCUT2D eigenvalue weighted by molar-refractivity contribution is -0.120. The van der Waals surface area contributed by atoms with E-state index in [1.807, 2.05) is 20.8 Å². The van der Waals surface area contributed by atoms with E-state index in [4.69, 9.17) is 5.73 Å². The number of carbonyl (C=O) groups excluding carboxylic acids is 2. The minimum absolute atomic E-state index is 0.00180. The molecule has 20 heavy (non-hydrogen) atoms. The maximum absolute atomic E-state index is 11.7. The van der Waals surface area contributed by atoms with Gasteiger partial charge in [0.05, 0.1) is 25.5 Å². The molecule has 7 nitrogen and oxygen atoms in total. The Bertz CT molecular complexity index is 509. The molecule has 7 heteroatoms. The molecule has 0 bridgehead atoms. The van der Waals surface area contributed by atoms with Crippen LogP contribution in [0.25, 0.3) is 0 Å². The maximum atomic E-state index is 11.7. The summed E-state index contributed by atoms with van der Waals surface area (Å²) >= 11 is 0. The van der Waals surface area contributed by atoms with Crippen LogP contribution in [0.1, 0.15) is 31.1 Å². The standard InChI is InChI=1S/C13H20N4O3/c1-13(2,3)17-10(18)7-16-11-9(12(19)20-4)5-8(14)6-15-11/h5-6H,7,14H2,1-4H3,(H,15,16)(H,17,18). The molecule has 0 spiro atoms. The second-order valence-corrected chi connectivity index (χ2v) is 5.31. The maximum Gasteiger partial charge on any atom is 0.341 e. The zero-order chi connectivity index (χ0) is 15.3. The van der Waals surface area contributed by atoms with Crippen molar-refractivity contribution in [3.05, 3.63) is 17.8 Å². The smallest absolute Gasteiger partial charge is 0.341 e. The predicted molar refractivity (Wildman–Crippen MR) is 76.4 cm³/mol. The largest absolute Gasteiger partial charge is 0.465 e. The Balaban J connectivity index is 2.78. The number of hydrogen-bond acceptors (Lipinski definition) is 6. The Kier molecular flexibility index (Phi) is 4.90. The molecular weight excluding hydrogens is 260 g/mol. The number of methoxy groups -OCH3 is 1. The lowest BCUT2D eigenvalue weighted by atomic mass is 10.1. The Morgan fingerprint density at radius 3 is 2.60 bits per heavy atom. The molecule has 1 heterocycles. The van der Waals surface area contributed by atoms with E-state index in [0.29, 0.717) is 5.69 Å². The Morgan fingerprint density at radius 2 is 2.05 bits per heavy atom. The van der Waals surface area contributed by atoms with Crippen LogP contribution in [0, 0.1) is 0 Å². The highest BCUT2D eigenvalue weighted by Crippen LogP contribution is 2.16. The van der Waals surface area contributed by atoms with Crippen molar-refractivity contribution in [3.8, 4) is 0 Å². The minimum Gasteiger partial charge on any atom is -0.465 e. The topological polar surface area (TPSA) is 106 Å². The first-order valence-electron chi connectivity index (χ1n) is 6.11. The summed E-state index contributed by atoms with van der Waals surface area (Å²) in [5.74, 6) is -0.509. The van der Waals surface area contributed by atoms with Gasteiger partial charge in [-0.3, -0.25) is 4.79 Å². The van der Waals surface area contributed by atoms with E-state index < -0.39 is 5.97 Å². The van der Waals surface area contributed by atoms with Crippen molar-refractivity contribution in [2.45, 2.75) is 26.3 Å². The van der Waals surface area contributed by atoms with Gasteiger partial charge in [0.2, 0.25) is 5.91 Å². The number of carbonyl (C=O) groups is 2. The highest BCUT2D eigenvalue weighted by atomic mass is 16.5. The van der Waals surface area contributed by atoms with Gasteiger partial charge in [-0.1, -0.05) is 0 Å². The lowest BCUT2D eigenvalue weighted by Crippen LogP contribution is -2.43. The van der Waals surface area contributed by atoms with Gasteiger partial charge >= 0.3 is 5.97 Å². The molecule has 0 saturated carbocycles. The van der Waals surface area contributed by atoms with E-state index in [9.17, 15) is 9.59 Å².